The van der Waals surface area contributed by atoms with E-state index in [0.717, 1.165) is 11.3 Å². The van der Waals surface area contributed by atoms with Gasteiger partial charge in [-0.2, -0.15) is 0 Å². The number of rotatable bonds is 1. The summed E-state index contributed by atoms with van der Waals surface area (Å²) in [6.07, 6.45) is 2.27. The second-order valence-electron chi connectivity index (χ2n) is 7.64. The molecule has 5 heteroatoms. The Labute approximate surface area is 152 Å². The first kappa shape index (κ1) is 16.5. The lowest BCUT2D eigenvalue weighted by atomic mass is 9.96. The lowest BCUT2D eigenvalue weighted by molar-refractivity contribution is 0.0953. The van der Waals surface area contributed by atoms with Crippen molar-refractivity contribution in [3.05, 3.63) is 65.7 Å². The molecule has 0 atom stereocenters. The van der Waals surface area contributed by atoms with Crippen molar-refractivity contribution in [1.82, 2.24) is 9.38 Å². The average Bonchev–Trinajstić information content (AvgIpc) is 3.02. The van der Waals surface area contributed by atoms with E-state index in [-0.39, 0.29) is 17.1 Å². The summed E-state index contributed by atoms with van der Waals surface area (Å²) in [5, 5.41) is 0. The highest BCUT2D eigenvalue weighted by atomic mass is 16.2. The fourth-order valence-electron chi connectivity index (χ4n) is 3.48. The third kappa shape index (κ3) is 2.51. The minimum absolute atomic E-state index is 0.0785. The number of amides is 1. The Bertz CT molecular complexity index is 1030. The summed E-state index contributed by atoms with van der Waals surface area (Å²) in [7, 11) is 0. The van der Waals surface area contributed by atoms with Gasteiger partial charge >= 0.3 is 0 Å². The number of benzene rings is 1. The molecular formula is C21H21N3O2. The first-order valence-corrected chi connectivity index (χ1v) is 8.79. The maximum Gasteiger partial charge on any atom is 0.279 e. The highest BCUT2D eigenvalue weighted by Gasteiger charge is 2.31. The number of fused-ring (bicyclic) bond motifs is 2. The van der Waals surface area contributed by atoms with Gasteiger partial charge in [0, 0.05) is 30.1 Å². The van der Waals surface area contributed by atoms with E-state index in [1.165, 1.54) is 0 Å². The Morgan fingerprint density at radius 1 is 1.08 bits per heavy atom. The summed E-state index contributed by atoms with van der Waals surface area (Å²) < 4.78 is 1.98. The van der Waals surface area contributed by atoms with Crippen molar-refractivity contribution >= 4 is 22.9 Å². The number of carbonyl (C=O) groups is 2. The fourth-order valence-corrected chi connectivity index (χ4v) is 3.48. The summed E-state index contributed by atoms with van der Waals surface area (Å²) in [5.74, 6) is 0.761. The van der Waals surface area contributed by atoms with Gasteiger partial charge in [-0.25, -0.2) is 4.98 Å². The number of hydrogen-bond acceptors (Lipinski definition) is 3. The normalized spacial score (nSPS) is 14.6. The molecule has 1 amide bonds. The zero-order chi connectivity index (χ0) is 18.5. The lowest BCUT2D eigenvalue weighted by Gasteiger charge is -2.28. The van der Waals surface area contributed by atoms with Gasteiger partial charge in [-0.15, -0.1) is 0 Å². The quantitative estimate of drug-likeness (QED) is 0.671. The molecule has 0 aliphatic carbocycles. The first-order valence-electron chi connectivity index (χ1n) is 8.79. The average molecular weight is 347 g/mol. The molecule has 26 heavy (non-hydrogen) atoms. The third-order valence-electron chi connectivity index (χ3n) is 4.72. The predicted octanol–water partition coefficient (Wildman–Crippen LogP) is 3.87. The summed E-state index contributed by atoms with van der Waals surface area (Å²) in [4.78, 5) is 31.9. The first-order chi connectivity index (χ1) is 12.4. The van der Waals surface area contributed by atoms with E-state index in [1.54, 1.807) is 11.0 Å². The molecule has 132 valence electrons. The minimum atomic E-state index is -0.196. The van der Waals surface area contributed by atoms with E-state index >= 15 is 0 Å². The fraction of sp³-hybridized carbons (Fsp3) is 0.286. The van der Waals surface area contributed by atoms with Gasteiger partial charge in [0.2, 0.25) is 0 Å². The zero-order valence-electron chi connectivity index (χ0n) is 15.2. The van der Waals surface area contributed by atoms with E-state index in [0.29, 0.717) is 29.9 Å². The van der Waals surface area contributed by atoms with E-state index in [4.69, 9.17) is 4.98 Å². The van der Waals surface area contributed by atoms with Crippen molar-refractivity contribution in [1.29, 1.82) is 0 Å². The van der Waals surface area contributed by atoms with Crippen LogP contribution in [0, 0.1) is 0 Å². The van der Waals surface area contributed by atoms with Crippen LogP contribution in [0.2, 0.25) is 0 Å². The monoisotopic (exact) mass is 347 g/mol. The Kier molecular flexibility index (Phi) is 3.68. The number of imidazole rings is 1. The highest BCUT2D eigenvalue weighted by molar-refractivity contribution is 6.14. The number of anilines is 1. The van der Waals surface area contributed by atoms with Gasteiger partial charge in [0.25, 0.3) is 5.91 Å². The number of Topliss-reactive ketones (excluding diaryl/α,β-unsaturated/α-hetero) is 1. The molecular weight excluding hydrogens is 326 g/mol. The van der Waals surface area contributed by atoms with Crippen LogP contribution in [0.5, 0.6) is 0 Å². The number of carbonyl (C=O) groups excluding carboxylic acids is 2. The summed E-state index contributed by atoms with van der Waals surface area (Å²) in [6.45, 7) is 6.62. The Hall–Kier alpha value is -2.95. The molecule has 1 aromatic carbocycles. The van der Waals surface area contributed by atoms with Crippen LogP contribution in [0.25, 0.3) is 5.52 Å². The van der Waals surface area contributed by atoms with Gasteiger partial charge in [-0.3, -0.25) is 9.59 Å². The second-order valence-corrected chi connectivity index (χ2v) is 7.64. The molecule has 0 unspecified atom stereocenters. The van der Waals surface area contributed by atoms with Gasteiger partial charge in [0.1, 0.15) is 5.82 Å². The number of nitrogens with zero attached hydrogens (tertiary/aromatic N) is 3. The molecule has 4 rings (SSSR count). The molecule has 5 nitrogen and oxygen atoms in total. The largest absolute Gasteiger partial charge is 0.306 e. The molecule has 0 saturated carbocycles. The topological polar surface area (TPSA) is 54.7 Å². The molecule has 0 bridgehead atoms. The standard InChI is InChI=1S/C21H21N3O2/c1-21(2,3)20-22-18(16-10-6-7-12-24(16)20)19(26)23-13-11-17(25)14-8-4-5-9-15(14)23/h4-10,12H,11,13H2,1-3H3. The maximum atomic E-state index is 13.4. The molecule has 3 heterocycles. The van der Waals surface area contributed by atoms with E-state index in [2.05, 4.69) is 20.8 Å². The van der Waals surface area contributed by atoms with Crippen molar-refractivity contribution in [2.75, 3.05) is 11.4 Å². The van der Waals surface area contributed by atoms with Crippen molar-refractivity contribution in [2.24, 2.45) is 0 Å². The SMILES string of the molecule is CC(C)(C)c1nc(C(=O)N2CCC(=O)c3ccccc32)c2ccccn12. The minimum Gasteiger partial charge on any atom is -0.306 e. The van der Waals surface area contributed by atoms with Crippen LogP contribution < -0.4 is 4.90 Å². The molecule has 0 N–H and O–H groups in total. The molecule has 3 aromatic rings. The van der Waals surface area contributed by atoms with Crippen molar-refractivity contribution in [3.63, 3.8) is 0 Å². The smallest absolute Gasteiger partial charge is 0.279 e. The van der Waals surface area contributed by atoms with Gasteiger partial charge in [-0.05, 0) is 24.3 Å². The molecule has 0 saturated heterocycles. The molecule has 1 aliphatic heterocycles. The molecule has 0 fully saturated rings. The molecule has 1 aliphatic rings. The van der Waals surface area contributed by atoms with Crippen LogP contribution in [-0.4, -0.2) is 27.6 Å². The van der Waals surface area contributed by atoms with Crippen LogP contribution >= 0.6 is 0 Å². The van der Waals surface area contributed by atoms with Crippen LogP contribution in [0.3, 0.4) is 0 Å². The van der Waals surface area contributed by atoms with E-state index in [9.17, 15) is 9.59 Å². The van der Waals surface area contributed by atoms with Gasteiger partial charge in [0.15, 0.2) is 11.5 Å². The van der Waals surface area contributed by atoms with Crippen LogP contribution in [0.1, 0.15) is 53.9 Å². The van der Waals surface area contributed by atoms with Crippen molar-refractivity contribution < 1.29 is 9.59 Å². The van der Waals surface area contributed by atoms with E-state index < -0.39 is 0 Å². The Balaban J connectivity index is 1.86. The number of pyridine rings is 1. The van der Waals surface area contributed by atoms with Crippen molar-refractivity contribution in [2.45, 2.75) is 32.6 Å². The lowest BCUT2D eigenvalue weighted by Crippen LogP contribution is -2.37. The van der Waals surface area contributed by atoms with E-state index in [1.807, 2.05) is 47.0 Å². The number of hydrogen-bond donors (Lipinski definition) is 0. The molecule has 0 spiro atoms. The summed E-state index contributed by atoms with van der Waals surface area (Å²) >= 11 is 0. The van der Waals surface area contributed by atoms with Crippen molar-refractivity contribution in [3.8, 4) is 0 Å². The predicted molar refractivity (Wildman–Crippen MR) is 101 cm³/mol. The summed E-state index contributed by atoms with van der Waals surface area (Å²) in [5.41, 5.74) is 2.30. The van der Waals surface area contributed by atoms with Crippen LogP contribution in [-0.2, 0) is 5.41 Å². The Morgan fingerprint density at radius 3 is 2.58 bits per heavy atom. The summed E-state index contributed by atoms with van der Waals surface area (Å²) in [6, 6.07) is 13.0. The zero-order valence-corrected chi connectivity index (χ0v) is 15.2. The highest BCUT2D eigenvalue weighted by Crippen LogP contribution is 2.30. The second kappa shape index (κ2) is 5.80. The Morgan fingerprint density at radius 2 is 1.81 bits per heavy atom. The number of para-hydroxylation sites is 1. The molecule has 0 radical (unpaired) electrons. The number of ketones is 1. The van der Waals surface area contributed by atoms with Crippen LogP contribution in [0.15, 0.2) is 48.7 Å². The van der Waals surface area contributed by atoms with Crippen LogP contribution in [0.4, 0.5) is 5.69 Å². The third-order valence-corrected chi connectivity index (χ3v) is 4.72. The van der Waals surface area contributed by atoms with Gasteiger partial charge in [0.05, 0.1) is 11.2 Å². The van der Waals surface area contributed by atoms with Gasteiger partial charge in [-0.1, -0.05) is 39.0 Å². The molecule has 2 aromatic heterocycles. The van der Waals surface area contributed by atoms with Gasteiger partial charge < -0.3 is 9.30 Å². The maximum absolute atomic E-state index is 13.4. The number of aromatic nitrogens is 2.